The van der Waals surface area contributed by atoms with Crippen molar-refractivity contribution in [1.82, 2.24) is 4.90 Å². The first kappa shape index (κ1) is 45.7. The van der Waals surface area contributed by atoms with Crippen molar-refractivity contribution >= 4 is 17.8 Å². The standard InChI is InChI=1S/C40H70N2O13/c1-15-27-40(11,47)32(44)22(5)29(43)20(3)18-39(10,49-14)34(55-36-31-26(17-21(4)50-36)42(12)37(54-31)41-16-2)23(6)30(24(7)35(46)52-27)53-28-19-38(9,48-13)33(45)25(8)51-28/h20-28,30-34,36,44-45,47H,15-19H2,1-14H3/t20-,21-,22+,23+,24-,25+,26+,27-,28+,30+,31-,32-,33+,34-,36+,38-,39-,40-/m1/s1. The molecule has 0 aromatic rings. The third-order valence-electron chi connectivity index (χ3n) is 12.9. The van der Waals surface area contributed by atoms with Crippen LogP contribution in [0.1, 0.15) is 102 Å². The van der Waals surface area contributed by atoms with E-state index in [1.807, 2.05) is 39.6 Å². The van der Waals surface area contributed by atoms with Gasteiger partial charge in [0.15, 0.2) is 18.7 Å². The minimum atomic E-state index is -1.96. The van der Waals surface area contributed by atoms with Crippen LogP contribution in [0, 0.1) is 23.7 Å². The van der Waals surface area contributed by atoms with Crippen LogP contribution in [0.2, 0.25) is 0 Å². The molecule has 0 bridgehead atoms. The number of hydrogen-bond acceptors (Lipinski definition) is 14. The van der Waals surface area contributed by atoms with E-state index in [1.165, 1.54) is 14.0 Å². The molecule has 3 N–H and O–H groups in total. The summed E-state index contributed by atoms with van der Waals surface area (Å²) >= 11 is 0. The third-order valence-corrected chi connectivity index (χ3v) is 12.9. The Hall–Kier alpha value is -1.95. The first-order valence-corrected chi connectivity index (χ1v) is 20.1. The highest BCUT2D eigenvalue weighted by molar-refractivity contribution is 5.83. The predicted octanol–water partition coefficient (Wildman–Crippen LogP) is 3.22. The van der Waals surface area contributed by atoms with Gasteiger partial charge in [-0.05, 0) is 67.7 Å². The highest BCUT2D eigenvalue weighted by Gasteiger charge is 2.55. The molecule has 0 amide bonds. The number of hydrogen-bond donors (Lipinski definition) is 3. The number of Topliss-reactive ketones (excluding diaryl/α,β-unsaturated/α-hetero) is 1. The monoisotopic (exact) mass is 786 g/mol. The van der Waals surface area contributed by atoms with Gasteiger partial charge < -0.3 is 58.1 Å². The molecule has 18 atom stereocenters. The first-order valence-electron chi connectivity index (χ1n) is 20.1. The summed E-state index contributed by atoms with van der Waals surface area (Å²) in [7, 11) is 5.00. The second-order valence-electron chi connectivity index (χ2n) is 17.1. The van der Waals surface area contributed by atoms with Gasteiger partial charge in [-0.15, -0.1) is 0 Å². The molecule has 4 aliphatic heterocycles. The van der Waals surface area contributed by atoms with E-state index in [-0.39, 0.29) is 37.2 Å². The lowest BCUT2D eigenvalue weighted by Gasteiger charge is -2.49. The van der Waals surface area contributed by atoms with Crippen molar-refractivity contribution in [3.63, 3.8) is 0 Å². The van der Waals surface area contributed by atoms with Crippen LogP contribution in [-0.4, -0.2) is 150 Å². The minimum absolute atomic E-state index is 0.0977. The lowest BCUT2D eigenvalue weighted by molar-refractivity contribution is -0.315. The van der Waals surface area contributed by atoms with Crippen molar-refractivity contribution < 1.29 is 62.8 Å². The number of fused-ring (bicyclic) bond motifs is 1. The molecular weight excluding hydrogens is 716 g/mol. The van der Waals surface area contributed by atoms with Gasteiger partial charge in [-0.25, -0.2) is 4.99 Å². The summed E-state index contributed by atoms with van der Waals surface area (Å²) < 4.78 is 51.1. The van der Waals surface area contributed by atoms with Gasteiger partial charge in [0.2, 0.25) is 0 Å². The Labute approximate surface area is 327 Å². The molecule has 0 unspecified atom stereocenters. The van der Waals surface area contributed by atoms with Gasteiger partial charge in [-0.2, -0.15) is 0 Å². The van der Waals surface area contributed by atoms with E-state index in [0.717, 1.165) is 0 Å². The fourth-order valence-electron chi connectivity index (χ4n) is 9.20. The molecule has 0 aromatic carbocycles. The molecule has 318 valence electrons. The molecule has 4 saturated heterocycles. The number of amidine groups is 1. The zero-order valence-corrected chi connectivity index (χ0v) is 35.5. The number of carbonyl (C=O) groups is 2. The molecule has 4 heterocycles. The average Bonchev–Trinajstić information content (AvgIpc) is 3.45. The number of aliphatic hydroxyl groups is 3. The maximum Gasteiger partial charge on any atom is 0.311 e. The zero-order chi connectivity index (χ0) is 41.4. The van der Waals surface area contributed by atoms with Gasteiger partial charge in [0.05, 0.1) is 53.7 Å². The summed E-state index contributed by atoms with van der Waals surface area (Å²) in [5, 5.41) is 34.2. The Balaban J connectivity index is 1.87. The van der Waals surface area contributed by atoms with E-state index in [9.17, 15) is 24.9 Å². The molecule has 4 aliphatic rings. The fraction of sp³-hybridized carbons (Fsp3) is 0.925. The summed E-state index contributed by atoms with van der Waals surface area (Å²) in [6.45, 7) is 19.8. The maximum atomic E-state index is 14.3. The van der Waals surface area contributed by atoms with Crippen molar-refractivity contribution in [3.05, 3.63) is 0 Å². The first-order chi connectivity index (χ1) is 25.6. The molecule has 0 saturated carbocycles. The van der Waals surface area contributed by atoms with Crippen LogP contribution < -0.4 is 0 Å². The highest BCUT2D eigenvalue weighted by Crippen LogP contribution is 2.42. The van der Waals surface area contributed by atoms with Crippen LogP contribution in [0.5, 0.6) is 0 Å². The van der Waals surface area contributed by atoms with Crippen molar-refractivity contribution in [2.24, 2.45) is 28.7 Å². The Kier molecular flexibility index (Phi) is 14.9. The Morgan fingerprint density at radius 1 is 0.873 bits per heavy atom. The van der Waals surface area contributed by atoms with E-state index in [1.54, 1.807) is 48.7 Å². The summed E-state index contributed by atoms with van der Waals surface area (Å²) in [6, 6.07) is 0.398. The molecule has 15 nitrogen and oxygen atoms in total. The van der Waals surface area contributed by atoms with Gasteiger partial charge in [-0.3, -0.25) is 9.59 Å². The molecule has 15 heteroatoms. The van der Waals surface area contributed by atoms with Crippen molar-refractivity contribution in [2.75, 3.05) is 27.8 Å². The van der Waals surface area contributed by atoms with Crippen molar-refractivity contribution in [3.8, 4) is 0 Å². The number of esters is 1. The lowest BCUT2D eigenvalue weighted by atomic mass is 9.74. The Bertz CT molecular complexity index is 1350. The van der Waals surface area contributed by atoms with Gasteiger partial charge in [-0.1, -0.05) is 27.7 Å². The zero-order valence-electron chi connectivity index (χ0n) is 35.5. The molecule has 0 spiro atoms. The second-order valence-corrected chi connectivity index (χ2v) is 17.1. The summed E-state index contributed by atoms with van der Waals surface area (Å²) in [6.07, 6.45) is -7.68. The molecule has 4 fully saturated rings. The number of ketones is 1. The van der Waals surface area contributed by atoms with Gasteiger partial charge in [0, 0.05) is 52.0 Å². The van der Waals surface area contributed by atoms with Gasteiger partial charge in [0.1, 0.15) is 23.6 Å². The van der Waals surface area contributed by atoms with E-state index >= 15 is 0 Å². The lowest BCUT2D eigenvalue weighted by Crippen LogP contribution is -2.61. The van der Waals surface area contributed by atoms with Crippen LogP contribution >= 0.6 is 0 Å². The number of ether oxygens (including phenoxy) is 8. The SMILES string of the molecule is CCN=C1O[C@H]2[C@H](O[C@@H]3[C@@H](C)[C@H](O[C@H]4C[C@@](C)(OC)[C@@H](O)[C@H](C)O4)[C@@H](C)C(=O)O[C@H](CC)[C@@](C)(O)[C@H](O)[C@@H](C)C(=O)[C@H](C)C[C@@]3(C)OC)O[C@H](C)C[C@@H]2N1C. The smallest absolute Gasteiger partial charge is 0.311 e. The number of rotatable bonds is 8. The number of aliphatic hydroxyl groups excluding tert-OH is 2. The number of cyclic esters (lactones) is 1. The van der Waals surface area contributed by atoms with E-state index < -0.39 is 102 Å². The second kappa shape index (κ2) is 17.9. The van der Waals surface area contributed by atoms with Gasteiger partial charge >= 0.3 is 5.97 Å². The van der Waals surface area contributed by atoms with Crippen molar-refractivity contribution in [2.45, 2.75) is 186 Å². The Morgan fingerprint density at radius 2 is 1.51 bits per heavy atom. The molecule has 55 heavy (non-hydrogen) atoms. The van der Waals surface area contributed by atoms with E-state index in [0.29, 0.717) is 19.0 Å². The molecule has 0 radical (unpaired) electrons. The highest BCUT2D eigenvalue weighted by atomic mass is 16.7. The third kappa shape index (κ3) is 9.20. The largest absolute Gasteiger partial charge is 0.459 e. The number of methoxy groups -OCH3 is 2. The summed E-state index contributed by atoms with van der Waals surface area (Å²) in [5.74, 6) is -4.34. The number of likely N-dealkylation sites (N-methyl/N-ethyl adjacent to an activating group) is 1. The normalized spacial score (nSPS) is 48.6. The number of nitrogens with zero attached hydrogens (tertiary/aromatic N) is 2. The minimum Gasteiger partial charge on any atom is -0.459 e. The van der Waals surface area contributed by atoms with Crippen LogP contribution in [-0.2, 0) is 47.5 Å². The average molecular weight is 787 g/mol. The van der Waals surface area contributed by atoms with Gasteiger partial charge in [0.25, 0.3) is 6.02 Å². The number of aliphatic imine (C=N–C) groups is 1. The molecule has 0 aliphatic carbocycles. The van der Waals surface area contributed by atoms with Crippen molar-refractivity contribution in [1.29, 1.82) is 0 Å². The Morgan fingerprint density at radius 3 is 2.09 bits per heavy atom. The number of carbonyl (C=O) groups excluding carboxylic acids is 2. The van der Waals surface area contributed by atoms with Crippen LogP contribution in [0.4, 0.5) is 0 Å². The topological polar surface area (TPSA) is 184 Å². The molecule has 0 aromatic heterocycles. The van der Waals surface area contributed by atoms with Crippen LogP contribution in [0.25, 0.3) is 0 Å². The molecular formula is C40H70N2O13. The van der Waals surface area contributed by atoms with E-state index in [4.69, 9.17) is 37.9 Å². The summed E-state index contributed by atoms with van der Waals surface area (Å²) in [5.41, 5.74) is -4.20. The fourth-order valence-corrected chi connectivity index (χ4v) is 9.20. The summed E-state index contributed by atoms with van der Waals surface area (Å²) in [4.78, 5) is 35.0. The molecule has 4 rings (SSSR count). The maximum absolute atomic E-state index is 14.3. The quantitative estimate of drug-likeness (QED) is 0.305. The van der Waals surface area contributed by atoms with Crippen LogP contribution in [0.3, 0.4) is 0 Å². The van der Waals surface area contributed by atoms with Crippen LogP contribution in [0.15, 0.2) is 4.99 Å². The predicted molar refractivity (Wildman–Crippen MR) is 202 cm³/mol. The van der Waals surface area contributed by atoms with E-state index in [2.05, 4.69) is 4.99 Å².